The molecule has 0 saturated carbocycles. The number of aliphatic carboxylic acids is 1. The van der Waals surface area contributed by atoms with Crippen LogP contribution in [0.25, 0.3) is 5.76 Å². The summed E-state index contributed by atoms with van der Waals surface area (Å²) in [6.45, 7) is 0. The number of carboxylic acid groups (broad SMARTS) is 1. The Bertz CT molecular complexity index is 1140. The maximum Gasteiger partial charge on any atom is 0.416 e. The molecule has 0 radical (unpaired) electrons. The molecule has 0 amide bonds. The molecule has 0 spiro atoms. The minimum absolute atomic E-state index is 0.116. The number of aliphatic hydroxyl groups is 1. The maximum absolute atomic E-state index is 12.8. The number of nitrogens with one attached hydrogen (secondary N) is 1. The first-order valence-electron chi connectivity index (χ1n) is 7.60. The predicted octanol–water partition coefficient (Wildman–Crippen LogP) is 4.37. The van der Waals surface area contributed by atoms with E-state index in [1.54, 1.807) is 0 Å². The summed E-state index contributed by atoms with van der Waals surface area (Å²) < 4.78 is 65.6. The molecule has 2 aromatic carbocycles. The van der Waals surface area contributed by atoms with Crippen molar-refractivity contribution in [3.8, 4) is 0 Å². The van der Waals surface area contributed by atoms with Crippen LogP contribution in [-0.4, -0.2) is 30.4 Å². The van der Waals surface area contributed by atoms with Crippen LogP contribution in [-0.2, 0) is 25.8 Å². The van der Waals surface area contributed by atoms with E-state index >= 15 is 0 Å². The molecule has 0 bridgehead atoms. The Hall–Kier alpha value is -2.76. The van der Waals surface area contributed by atoms with Crippen molar-refractivity contribution in [3.05, 3.63) is 63.6 Å². The number of rotatable bonds is 6. The van der Waals surface area contributed by atoms with Crippen LogP contribution >= 0.6 is 23.2 Å². The normalized spacial score (nSPS) is 12.5. The fraction of sp³-hybridized carbons (Fsp3) is 0.0588. The molecule has 0 fully saturated rings. The highest BCUT2D eigenvalue weighted by atomic mass is 35.5. The lowest BCUT2D eigenvalue weighted by atomic mass is 10.1. The number of aliphatic hydroxyl groups excluding tert-OH is 1. The summed E-state index contributed by atoms with van der Waals surface area (Å²) in [6, 6.07) is 5.59. The van der Waals surface area contributed by atoms with Gasteiger partial charge in [0.25, 0.3) is 15.8 Å². The van der Waals surface area contributed by atoms with Gasteiger partial charge in [-0.25, -0.2) is 13.2 Å². The first-order valence-corrected chi connectivity index (χ1v) is 9.83. The lowest BCUT2D eigenvalue weighted by Gasteiger charge is -2.14. The van der Waals surface area contributed by atoms with E-state index in [1.807, 2.05) is 4.72 Å². The van der Waals surface area contributed by atoms with Crippen molar-refractivity contribution in [1.82, 2.24) is 0 Å². The lowest BCUT2D eigenvalue weighted by Crippen LogP contribution is -2.15. The van der Waals surface area contributed by atoms with Crippen molar-refractivity contribution in [2.24, 2.45) is 0 Å². The van der Waals surface area contributed by atoms with Gasteiger partial charge in [0.2, 0.25) is 0 Å². The second-order valence-corrected chi connectivity index (χ2v) is 8.09. The van der Waals surface area contributed by atoms with Gasteiger partial charge in [0.05, 0.1) is 15.6 Å². The van der Waals surface area contributed by atoms with E-state index in [0.29, 0.717) is 18.2 Å². The van der Waals surface area contributed by atoms with Crippen LogP contribution in [0.15, 0.2) is 47.4 Å². The van der Waals surface area contributed by atoms with Gasteiger partial charge < -0.3 is 10.2 Å². The molecule has 0 aliphatic rings. The van der Waals surface area contributed by atoms with E-state index in [0.717, 1.165) is 6.07 Å². The molecule has 0 aromatic heterocycles. The number of carboxylic acids is 1. The largest absolute Gasteiger partial charge is 0.507 e. The number of hydrogen-bond donors (Lipinski definition) is 3. The van der Waals surface area contributed by atoms with Crippen LogP contribution in [0.1, 0.15) is 11.1 Å². The zero-order chi connectivity index (χ0) is 22.9. The monoisotopic (exact) mass is 483 g/mol. The fourth-order valence-electron chi connectivity index (χ4n) is 2.20. The highest BCUT2D eigenvalue weighted by molar-refractivity contribution is 7.93. The number of alkyl halides is 3. The fourth-order valence-corrected chi connectivity index (χ4v) is 4.46. The summed E-state index contributed by atoms with van der Waals surface area (Å²) in [7, 11) is -4.56. The van der Waals surface area contributed by atoms with Crippen LogP contribution in [0, 0.1) is 0 Å². The quantitative estimate of drug-likeness (QED) is 0.318. The molecule has 0 atom stereocenters. The van der Waals surface area contributed by atoms with Crippen molar-refractivity contribution >= 4 is 56.4 Å². The Morgan fingerprint density at radius 2 is 1.60 bits per heavy atom. The molecule has 0 aliphatic heterocycles. The number of halogens is 5. The van der Waals surface area contributed by atoms with Gasteiger partial charge in [0, 0.05) is 17.3 Å². The summed E-state index contributed by atoms with van der Waals surface area (Å²) in [5.41, 5.74) is -1.53. The molecule has 30 heavy (non-hydrogen) atoms. The summed E-state index contributed by atoms with van der Waals surface area (Å²) in [4.78, 5) is 20.9. The topological polar surface area (TPSA) is 121 Å². The Labute approximate surface area is 177 Å². The first kappa shape index (κ1) is 23.5. The van der Waals surface area contributed by atoms with Crippen LogP contribution < -0.4 is 4.72 Å². The molecule has 2 aromatic rings. The van der Waals surface area contributed by atoms with Gasteiger partial charge in [-0.3, -0.25) is 9.52 Å². The number of benzene rings is 2. The average Bonchev–Trinajstić information content (AvgIpc) is 2.59. The van der Waals surface area contributed by atoms with Gasteiger partial charge in [0.1, 0.15) is 10.7 Å². The van der Waals surface area contributed by atoms with Gasteiger partial charge in [0.15, 0.2) is 0 Å². The first-order chi connectivity index (χ1) is 13.7. The van der Waals surface area contributed by atoms with Crippen molar-refractivity contribution in [2.75, 3.05) is 4.72 Å². The molecule has 160 valence electrons. The highest BCUT2D eigenvalue weighted by Gasteiger charge is 2.34. The molecule has 0 heterocycles. The third-order valence-electron chi connectivity index (χ3n) is 3.48. The van der Waals surface area contributed by atoms with Crippen molar-refractivity contribution in [3.63, 3.8) is 0 Å². The zero-order valence-corrected chi connectivity index (χ0v) is 16.7. The Morgan fingerprint density at radius 3 is 2.10 bits per heavy atom. The number of carbonyl (C=O) groups is 2. The third kappa shape index (κ3) is 5.43. The zero-order valence-electron chi connectivity index (χ0n) is 14.4. The minimum Gasteiger partial charge on any atom is -0.507 e. The highest BCUT2D eigenvalue weighted by Crippen LogP contribution is 2.38. The number of carbonyl (C=O) groups excluding carboxylic acids is 1. The summed E-state index contributed by atoms with van der Waals surface area (Å²) >= 11 is 11.4. The van der Waals surface area contributed by atoms with Gasteiger partial charge in [-0.05, 0) is 24.3 Å². The van der Waals surface area contributed by atoms with Gasteiger partial charge in [-0.2, -0.15) is 13.2 Å². The van der Waals surface area contributed by atoms with Gasteiger partial charge in [-0.15, -0.1) is 0 Å². The lowest BCUT2D eigenvalue weighted by molar-refractivity contribution is -0.146. The van der Waals surface area contributed by atoms with E-state index < -0.39 is 54.2 Å². The number of anilines is 1. The molecule has 0 aliphatic carbocycles. The van der Waals surface area contributed by atoms with Crippen molar-refractivity contribution in [1.29, 1.82) is 0 Å². The standard InChI is InChI=1S/C17H10Cl2F3NO6S/c18-11-5-9(17(20,21)22)6-12(19)15(11)30(28,29)23-10-3-1-2-8(4-10)13(24)7-14(25)16(26)27/h1-7,23-24H,(H,26,27). The van der Waals surface area contributed by atoms with Crippen LogP contribution in [0.5, 0.6) is 0 Å². The van der Waals surface area contributed by atoms with Crippen LogP contribution in [0.3, 0.4) is 0 Å². The van der Waals surface area contributed by atoms with Crippen LogP contribution in [0.4, 0.5) is 18.9 Å². The van der Waals surface area contributed by atoms with E-state index in [9.17, 15) is 36.3 Å². The van der Waals surface area contributed by atoms with Crippen LogP contribution in [0.2, 0.25) is 10.0 Å². The smallest absolute Gasteiger partial charge is 0.416 e. The summed E-state index contributed by atoms with van der Waals surface area (Å²) in [5.74, 6) is -3.99. The molecule has 3 N–H and O–H groups in total. The van der Waals surface area contributed by atoms with E-state index in [2.05, 4.69) is 0 Å². The van der Waals surface area contributed by atoms with Gasteiger partial charge >= 0.3 is 12.1 Å². The summed E-state index contributed by atoms with van der Waals surface area (Å²) in [6.07, 6.45) is -4.38. The second kappa shape index (κ2) is 8.54. The van der Waals surface area contributed by atoms with E-state index in [1.165, 1.54) is 18.2 Å². The minimum atomic E-state index is -4.80. The maximum atomic E-state index is 12.8. The van der Waals surface area contributed by atoms with E-state index in [-0.39, 0.29) is 11.3 Å². The number of sulfonamides is 1. The Balaban J connectivity index is 2.42. The molecule has 2 rings (SSSR count). The molecule has 7 nitrogen and oxygen atoms in total. The summed E-state index contributed by atoms with van der Waals surface area (Å²) in [5, 5.41) is 16.8. The molecule has 0 unspecified atom stereocenters. The third-order valence-corrected chi connectivity index (χ3v) is 5.79. The average molecular weight is 484 g/mol. The second-order valence-electron chi connectivity index (χ2n) is 5.65. The Kier molecular flexibility index (Phi) is 6.70. The number of ketones is 1. The van der Waals surface area contributed by atoms with Crippen molar-refractivity contribution < 1.29 is 41.4 Å². The SMILES string of the molecule is O=C(O)C(=O)C=C(O)c1cccc(NS(=O)(=O)c2c(Cl)cc(C(F)(F)F)cc2Cl)c1. The number of hydrogen-bond acceptors (Lipinski definition) is 5. The Morgan fingerprint density at radius 1 is 1.03 bits per heavy atom. The van der Waals surface area contributed by atoms with Crippen molar-refractivity contribution in [2.45, 2.75) is 11.1 Å². The molecular formula is C17H10Cl2F3NO6S. The van der Waals surface area contributed by atoms with E-state index in [4.69, 9.17) is 28.3 Å². The predicted molar refractivity (Wildman–Crippen MR) is 102 cm³/mol. The van der Waals surface area contributed by atoms with Gasteiger partial charge in [-0.1, -0.05) is 35.3 Å². The molecule has 0 saturated heterocycles. The molecular weight excluding hydrogens is 474 g/mol. The molecule has 13 heteroatoms.